The third-order valence-corrected chi connectivity index (χ3v) is 3.23. The molecule has 3 nitrogen and oxygen atoms in total. The maximum atomic E-state index is 5.12. The molecular formula is C14H32N2O. The first-order chi connectivity index (χ1) is 7.72. The average Bonchev–Trinajstić information content (AvgIpc) is 2.23. The van der Waals surface area contributed by atoms with Crippen molar-refractivity contribution < 1.29 is 4.74 Å². The van der Waals surface area contributed by atoms with E-state index in [0.29, 0.717) is 5.41 Å². The van der Waals surface area contributed by atoms with Crippen molar-refractivity contribution in [2.75, 3.05) is 40.4 Å². The van der Waals surface area contributed by atoms with E-state index in [0.717, 1.165) is 26.2 Å². The lowest BCUT2D eigenvalue weighted by atomic mass is 9.86. The molecular weight excluding hydrogens is 212 g/mol. The van der Waals surface area contributed by atoms with Crippen LogP contribution in [0.5, 0.6) is 0 Å². The Bertz CT molecular complexity index is 201. The highest BCUT2D eigenvalue weighted by atomic mass is 16.5. The van der Waals surface area contributed by atoms with Crippen molar-refractivity contribution in [3.8, 4) is 0 Å². The lowest BCUT2D eigenvalue weighted by molar-refractivity contribution is 0.122. The van der Waals surface area contributed by atoms with Gasteiger partial charge >= 0.3 is 0 Å². The summed E-state index contributed by atoms with van der Waals surface area (Å²) in [6.45, 7) is 15.3. The van der Waals surface area contributed by atoms with Gasteiger partial charge in [0, 0.05) is 32.3 Å². The molecule has 1 atom stereocenters. The van der Waals surface area contributed by atoms with E-state index in [1.165, 1.54) is 6.42 Å². The smallest absolute Gasteiger partial charge is 0.0589 e. The molecule has 0 aromatic carbocycles. The lowest BCUT2D eigenvalue weighted by Gasteiger charge is -2.36. The van der Waals surface area contributed by atoms with Crippen LogP contribution in [0.25, 0.3) is 0 Å². The zero-order valence-electron chi connectivity index (χ0n) is 12.9. The number of methoxy groups -OCH3 is 1. The van der Waals surface area contributed by atoms with Crippen molar-refractivity contribution in [2.24, 2.45) is 5.41 Å². The molecule has 0 aromatic rings. The fraction of sp³-hybridized carbons (Fsp3) is 1.00. The van der Waals surface area contributed by atoms with Gasteiger partial charge in [-0.15, -0.1) is 0 Å². The maximum Gasteiger partial charge on any atom is 0.0589 e. The Morgan fingerprint density at radius 1 is 1.18 bits per heavy atom. The number of ether oxygens (including phenoxy) is 1. The van der Waals surface area contributed by atoms with Crippen molar-refractivity contribution in [1.82, 2.24) is 10.2 Å². The Morgan fingerprint density at radius 2 is 1.76 bits per heavy atom. The van der Waals surface area contributed by atoms with E-state index in [-0.39, 0.29) is 5.54 Å². The monoisotopic (exact) mass is 244 g/mol. The molecule has 0 fully saturated rings. The normalized spacial score (nSPS) is 16.2. The number of hydrogen-bond acceptors (Lipinski definition) is 3. The van der Waals surface area contributed by atoms with Crippen LogP contribution < -0.4 is 5.32 Å². The molecule has 1 N–H and O–H groups in total. The average molecular weight is 244 g/mol. The van der Waals surface area contributed by atoms with Crippen LogP contribution in [-0.2, 0) is 4.74 Å². The molecule has 0 saturated carbocycles. The van der Waals surface area contributed by atoms with Crippen molar-refractivity contribution in [3.63, 3.8) is 0 Å². The van der Waals surface area contributed by atoms with Crippen molar-refractivity contribution in [1.29, 1.82) is 0 Å². The predicted molar refractivity (Wildman–Crippen MR) is 75.5 cm³/mol. The molecule has 0 aliphatic carbocycles. The van der Waals surface area contributed by atoms with Crippen LogP contribution in [0.1, 0.15) is 41.0 Å². The van der Waals surface area contributed by atoms with E-state index in [9.17, 15) is 0 Å². The Kier molecular flexibility index (Phi) is 7.29. The molecule has 0 aliphatic heterocycles. The van der Waals surface area contributed by atoms with Gasteiger partial charge in [0.2, 0.25) is 0 Å². The van der Waals surface area contributed by atoms with Crippen LogP contribution >= 0.6 is 0 Å². The summed E-state index contributed by atoms with van der Waals surface area (Å²) >= 11 is 0. The highest BCUT2D eigenvalue weighted by Crippen LogP contribution is 2.22. The fourth-order valence-corrected chi connectivity index (χ4v) is 1.75. The zero-order valence-corrected chi connectivity index (χ0v) is 12.9. The minimum absolute atomic E-state index is 0.196. The number of nitrogens with one attached hydrogen (secondary N) is 1. The van der Waals surface area contributed by atoms with Gasteiger partial charge in [-0.05, 0) is 39.7 Å². The van der Waals surface area contributed by atoms with Gasteiger partial charge in [0.15, 0.2) is 0 Å². The van der Waals surface area contributed by atoms with Crippen LogP contribution in [0.3, 0.4) is 0 Å². The molecule has 17 heavy (non-hydrogen) atoms. The highest BCUT2D eigenvalue weighted by molar-refractivity contribution is 4.82. The molecule has 0 aliphatic rings. The summed E-state index contributed by atoms with van der Waals surface area (Å²) in [4.78, 5) is 2.36. The van der Waals surface area contributed by atoms with Crippen molar-refractivity contribution >= 4 is 0 Å². The summed E-state index contributed by atoms with van der Waals surface area (Å²) in [5, 5.41) is 3.62. The molecule has 0 saturated heterocycles. The number of rotatable bonds is 8. The number of likely N-dealkylation sites (N-methyl/N-ethyl adjacent to an activating group) is 1. The van der Waals surface area contributed by atoms with Gasteiger partial charge in [-0.2, -0.15) is 0 Å². The maximum absolute atomic E-state index is 5.12. The quantitative estimate of drug-likeness (QED) is 0.709. The van der Waals surface area contributed by atoms with Gasteiger partial charge in [-0.25, -0.2) is 0 Å². The number of nitrogens with zero attached hydrogens (tertiary/aromatic N) is 1. The number of hydrogen-bond donors (Lipinski definition) is 1. The van der Waals surface area contributed by atoms with Crippen LogP contribution in [0.2, 0.25) is 0 Å². The first kappa shape index (κ1) is 16.9. The first-order valence-electron chi connectivity index (χ1n) is 6.65. The first-order valence-corrected chi connectivity index (χ1v) is 6.65. The molecule has 0 radical (unpaired) electrons. The van der Waals surface area contributed by atoms with E-state index in [4.69, 9.17) is 4.74 Å². The summed E-state index contributed by atoms with van der Waals surface area (Å²) in [7, 11) is 3.93. The van der Waals surface area contributed by atoms with Gasteiger partial charge in [-0.1, -0.05) is 13.8 Å². The summed E-state index contributed by atoms with van der Waals surface area (Å²) < 4.78 is 5.12. The molecule has 0 amide bonds. The van der Waals surface area contributed by atoms with E-state index in [1.54, 1.807) is 7.11 Å². The Labute approximate surface area is 108 Å². The third kappa shape index (κ3) is 8.58. The molecule has 1 unspecified atom stereocenters. The molecule has 0 aromatic heterocycles. The van der Waals surface area contributed by atoms with E-state index < -0.39 is 0 Å². The summed E-state index contributed by atoms with van der Waals surface area (Å²) in [5.74, 6) is 0. The highest BCUT2D eigenvalue weighted by Gasteiger charge is 2.25. The molecule has 3 heteroatoms. The van der Waals surface area contributed by atoms with Crippen LogP contribution in [0.15, 0.2) is 0 Å². The van der Waals surface area contributed by atoms with Crippen molar-refractivity contribution in [3.05, 3.63) is 0 Å². The Balaban J connectivity index is 4.17. The Hall–Kier alpha value is -0.120. The summed E-state index contributed by atoms with van der Waals surface area (Å²) in [6, 6.07) is 0. The van der Waals surface area contributed by atoms with Gasteiger partial charge in [-0.3, -0.25) is 0 Å². The minimum atomic E-state index is 0.196. The largest absolute Gasteiger partial charge is 0.383 e. The second kappa shape index (κ2) is 7.34. The zero-order chi connectivity index (χ0) is 13.5. The van der Waals surface area contributed by atoms with Crippen LogP contribution in [0, 0.1) is 5.41 Å². The molecule has 0 bridgehead atoms. The third-order valence-electron chi connectivity index (χ3n) is 3.23. The lowest BCUT2D eigenvalue weighted by Crippen LogP contribution is -2.47. The predicted octanol–water partition coefficient (Wildman–Crippen LogP) is 2.37. The fourth-order valence-electron chi connectivity index (χ4n) is 1.75. The second-order valence-corrected chi connectivity index (χ2v) is 6.50. The summed E-state index contributed by atoms with van der Waals surface area (Å²) in [6.07, 6.45) is 1.19. The standard InChI is InChI=1S/C14H32N2O/c1-8-14(5,11-15-13(2,3)4)12-16(6)9-10-17-7/h15H,8-12H2,1-7H3. The van der Waals surface area contributed by atoms with E-state index >= 15 is 0 Å². The van der Waals surface area contributed by atoms with Gasteiger partial charge < -0.3 is 15.0 Å². The van der Waals surface area contributed by atoms with Crippen LogP contribution in [0.4, 0.5) is 0 Å². The Morgan fingerprint density at radius 3 is 2.18 bits per heavy atom. The van der Waals surface area contributed by atoms with E-state index in [1.807, 2.05) is 0 Å². The molecule has 0 heterocycles. The van der Waals surface area contributed by atoms with E-state index in [2.05, 4.69) is 51.9 Å². The molecule has 104 valence electrons. The molecule has 0 rings (SSSR count). The van der Waals surface area contributed by atoms with Crippen LogP contribution in [-0.4, -0.2) is 50.8 Å². The van der Waals surface area contributed by atoms with Gasteiger partial charge in [0.1, 0.15) is 0 Å². The SMILES string of the molecule is CCC(C)(CNC(C)(C)C)CN(C)CCOC. The molecule has 0 spiro atoms. The summed E-state index contributed by atoms with van der Waals surface area (Å²) in [5.41, 5.74) is 0.525. The van der Waals surface area contributed by atoms with Gasteiger partial charge in [0.05, 0.1) is 6.61 Å². The van der Waals surface area contributed by atoms with Crippen molar-refractivity contribution in [2.45, 2.75) is 46.6 Å². The van der Waals surface area contributed by atoms with Gasteiger partial charge in [0.25, 0.3) is 0 Å². The minimum Gasteiger partial charge on any atom is -0.383 e. The topological polar surface area (TPSA) is 24.5 Å². The second-order valence-electron chi connectivity index (χ2n) is 6.50.